The maximum Gasteiger partial charge on any atom is 0.254 e. The largest absolute Gasteiger partial charge is 0.336 e. The van der Waals surface area contributed by atoms with Crippen LogP contribution in [0.15, 0.2) is 29.2 Å². The summed E-state index contributed by atoms with van der Waals surface area (Å²) in [6, 6.07) is 6.77. The van der Waals surface area contributed by atoms with E-state index in [9.17, 15) is 13.2 Å². The van der Waals surface area contributed by atoms with Crippen molar-refractivity contribution in [2.24, 2.45) is 0 Å². The first kappa shape index (κ1) is 17.4. The Balaban J connectivity index is 1.77. The molecule has 1 amide bonds. The Morgan fingerprint density at radius 3 is 2.29 bits per heavy atom. The second kappa shape index (κ2) is 7.23. The van der Waals surface area contributed by atoms with Crippen molar-refractivity contribution in [3.05, 3.63) is 29.8 Å². The van der Waals surface area contributed by atoms with Crippen LogP contribution in [0, 0.1) is 0 Å². The molecule has 2 aliphatic rings. The number of likely N-dealkylation sites (tertiary alicyclic amines) is 1. The van der Waals surface area contributed by atoms with Gasteiger partial charge in [0, 0.05) is 31.2 Å². The van der Waals surface area contributed by atoms with E-state index in [1.54, 1.807) is 24.3 Å². The number of hydrogen-bond donors (Lipinski definition) is 0. The Hall–Kier alpha value is -1.40. The summed E-state index contributed by atoms with van der Waals surface area (Å²) in [7, 11) is -3.41. The summed E-state index contributed by atoms with van der Waals surface area (Å²) in [5, 5.41) is 0. The van der Waals surface area contributed by atoms with Gasteiger partial charge in [0.05, 0.1) is 4.90 Å². The molecule has 5 nitrogen and oxygen atoms in total. The Morgan fingerprint density at radius 2 is 1.67 bits per heavy atom. The fraction of sp³-hybridized carbons (Fsp3) is 0.611. The minimum Gasteiger partial charge on any atom is -0.336 e. The van der Waals surface area contributed by atoms with E-state index in [0.29, 0.717) is 24.7 Å². The molecule has 2 saturated heterocycles. The van der Waals surface area contributed by atoms with Gasteiger partial charge in [0.15, 0.2) is 0 Å². The molecule has 24 heavy (non-hydrogen) atoms. The third-order valence-electron chi connectivity index (χ3n) is 5.16. The number of piperidine rings is 1. The van der Waals surface area contributed by atoms with E-state index in [4.69, 9.17) is 0 Å². The van der Waals surface area contributed by atoms with Crippen molar-refractivity contribution in [1.82, 2.24) is 9.21 Å². The molecule has 2 heterocycles. The van der Waals surface area contributed by atoms with Crippen LogP contribution < -0.4 is 0 Å². The molecule has 6 heteroatoms. The van der Waals surface area contributed by atoms with Gasteiger partial charge in [-0.05, 0) is 62.8 Å². The first-order valence-corrected chi connectivity index (χ1v) is 10.4. The molecule has 1 unspecified atom stereocenters. The highest BCUT2D eigenvalue weighted by Gasteiger charge is 2.29. The summed E-state index contributed by atoms with van der Waals surface area (Å²) < 4.78 is 26.6. The number of hydrogen-bond acceptors (Lipinski definition) is 3. The summed E-state index contributed by atoms with van der Waals surface area (Å²) in [5.41, 5.74) is 0.579. The van der Waals surface area contributed by atoms with Crippen molar-refractivity contribution in [2.45, 2.75) is 56.4 Å². The van der Waals surface area contributed by atoms with E-state index < -0.39 is 10.0 Å². The second-order valence-corrected chi connectivity index (χ2v) is 8.63. The van der Waals surface area contributed by atoms with E-state index in [1.807, 2.05) is 4.90 Å². The summed E-state index contributed by atoms with van der Waals surface area (Å²) in [5.74, 6) is 0.0201. The first-order chi connectivity index (χ1) is 11.5. The smallest absolute Gasteiger partial charge is 0.254 e. The number of carbonyl (C=O) groups excluding carboxylic acids is 1. The van der Waals surface area contributed by atoms with E-state index >= 15 is 0 Å². The maximum absolute atomic E-state index is 12.8. The van der Waals surface area contributed by atoms with Crippen molar-refractivity contribution in [3.8, 4) is 0 Å². The lowest BCUT2D eigenvalue weighted by Crippen LogP contribution is -2.43. The first-order valence-electron chi connectivity index (χ1n) is 8.95. The van der Waals surface area contributed by atoms with Crippen LogP contribution in [0.3, 0.4) is 0 Å². The molecule has 2 aliphatic heterocycles. The van der Waals surface area contributed by atoms with Crippen molar-refractivity contribution in [2.75, 3.05) is 19.6 Å². The maximum atomic E-state index is 12.8. The number of sulfonamides is 1. The zero-order valence-electron chi connectivity index (χ0n) is 14.3. The van der Waals surface area contributed by atoms with Crippen LogP contribution in [0.25, 0.3) is 0 Å². The number of carbonyl (C=O) groups is 1. The minimum absolute atomic E-state index is 0.0201. The SMILES string of the molecule is CCC1CCCCN1C(=O)c1ccc(S(=O)(=O)N2CCCC2)cc1. The monoisotopic (exact) mass is 350 g/mol. The van der Waals surface area contributed by atoms with Gasteiger partial charge in [-0.1, -0.05) is 6.92 Å². The zero-order valence-corrected chi connectivity index (χ0v) is 15.1. The molecule has 0 aromatic heterocycles. The molecule has 1 atom stereocenters. The molecule has 2 fully saturated rings. The number of rotatable bonds is 4. The van der Waals surface area contributed by atoms with Crippen LogP contribution in [0.4, 0.5) is 0 Å². The van der Waals surface area contributed by atoms with Crippen LogP contribution >= 0.6 is 0 Å². The predicted octanol–water partition coefficient (Wildman–Crippen LogP) is 2.88. The molecular formula is C18H26N2O3S. The Bertz CT molecular complexity index is 679. The lowest BCUT2D eigenvalue weighted by molar-refractivity contribution is 0.0608. The molecular weight excluding hydrogens is 324 g/mol. The van der Waals surface area contributed by atoms with Gasteiger partial charge >= 0.3 is 0 Å². The highest BCUT2D eigenvalue weighted by Crippen LogP contribution is 2.24. The third kappa shape index (κ3) is 3.35. The van der Waals surface area contributed by atoms with Crippen LogP contribution in [0.5, 0.6) is 0 Å². The third-order valence-corrected chi connectivity index (χ3v) is 7.08. The van der Waals surface area contributed by atoms with Gasteiger partial charge in [-0.25, -0.2) is 8.42 Å². The number of nitrogens with zero attached hydrogens (tertiary/aromatic N) is 2. The molecule has 3 rings (SSSR count). The van der Waals surface area contributed by atoms with Crippen LogP contribution in [0.2, 0.25) is 0 Å². The minimum atomic E-state index is -3.41. The number of amides is 1. The van der Waals surface area contributed by atoms with E-state index in [1.165, 1.54) is 10.7 Å². The average molecular weight is 350 g/mol. The average Bonchev–Trinajstić information content (AvgIpc) is 3.16. The Morgan fingerprint density at radius 1 is 1.04 bits per heavy atom. The van der Waals surface area contributed by atoms with Crippen LogP contribution in [-0.4, -0.2) is 49.2 Å². The molecule has 0 N–H and O–H groups in total. The fourth-order valence-corrected chi connectivity index (χ4v) is 5.22. The highest BCUT2D eigenvalue weighted by atomic mass is 32.2. The summed E-state index contributed by atoms with van der Waals surface area (Å²) >= 11 is 0. The van der Waals surface area contributed by atoms with Gasteiger partial charge in [-0.2, -0.15) is 4.31 Å². The molecule has 0 radical (unpaired) electrons. The van der Waals surface area contributed by atoms with Crippen LogP contribution in [0.1, 0.15) is 55.8 Å². The van der Waals surface area contributed by atoms with Gasteiger partial charge in [0.1, 0.15) is 0 Å². The lowest BCUT2D eigenvalue weighted by atomic mass is 9.99. The molecule has 0 aliphatic carbocycles. The standard InChI is InChI=1S/C18H26N2O3S/c1-2-16-7-3-4-14-20(16)18(21)15-8-10-17(11-9-15)24(22,23)19-12-5-6-13-19/h8-11,16H,2-7,12-14H2,1H3. The van der Waals surface area contributed by atoms with E-state index in [-0.39, 0.29) is 10.8 Å². The number of benzene rings is 1. The van der Waals surface area contributed by atoms with Crippen molar-refractivity contribution >= 4 is 15.9 Å². The molecule has 1 aromatic rings. The van der Waals surface area contributed by atoms with Gasteiger partial charge in [0.2, 0.25) is 10.0 Å². The van der Waals surface area contributed by atoms with Gasteiger partial charge in [0.25, 0.3) is 5.91 Å². The quantitative estimate of drug-likeness (QED) is 0.839. The molecule has 0 spiro atoms. The predicted molar refractivity (Wildman–Crippen MR) is 93.4 cm³/mol. The lowest BCUT2D eigenvalue weighted by Gasteiger charge is -2.35. The van der Waals surface area contributed by atoms with Crippen molar-refractivity contribution in [1.29, 1.82) is 0 Å². The summed E-state index contributed by atoms with van der Waals surface area (Å²) in [6.45, 7) is 4.09. The topological polar surface area (TPSA) is 57.7 Å². The van der Waals surface area contributed by atoms with Gasteiger partial charge < -0.3 is 4.90 Å². The Labute approximate surface area is 144 Å². The van der Waals surface area contributed by atoms with Crippen LogP contribution in [-0.2, 0) is 10.0 Å². The molecule has 1 aromatic carbocycles. The Kier molecular flexibility index (Phi) is 5.25. The second-order valence-electron chi connectivity index (χ2n) is 6.69. The molecule has 132 valence electrons. The van der Waals surface area contributed by atoms with Crippen molar-refractivity contribution < 1.29 is 13.2 Å². The fourth-order valence-electron chi connectivity index (χ4n) is 3.71. The summed E-state index contributed by atoms with van der Waals surface area (Å²) in [4.78, 5) is 15.0. The molecule has 0 saturated carbocycles. The molecule has 0 bridgehead atoms. The van der Waals surface area contributed by atoms with Gasteiger partial charge in [-0.3, -0.25) is 4.79 Å². The van der Waals surface area contributed by atoms with Crippen molar-refractivity contribution in [3.63, 3.8) is 0 Å². The normalized spacial score (nSPS) is 22.7. The van der Waals surface area contributed by atoms with Gasteiger partial charge in [-0.15, -0.1) is 0 Å². The summed E-state index contributed by atoms with van der Waals surface area (Å²) in [6.07, 6.45) is 6.09. The van der Waals surface area contributed by atoms with E-state index in [2.05, 4.69) is 6.92 Å². The highest BCUT2D eigenvalue weighted by molar-refractivity contribution is 7.89. The zero-order chi connectivity index (χ0) is 17.2. The van der Waals surface area contributed by atoms with E-state index in [0.717, 1.165) is 38.6 Å².